The van der Waals surface area contributed by atoms with E-state index in [2.05, 4.69) is 14.2 Å². The van der Waals surface area contributed by atoms with Gasteiger partial charge in [0.25, 0.3) is 0 Å². The predicted octanol–water partition coefficient (Wildman–Crippen LogP) is 0.00420. The van der Waals surface area contributed by atoms with Crippen LogP contribution in [0.2, 0.25) is 0 Å². The standard InChI is InChI=1S/C16H23NO7S/c1-23-14(18)9-10-16(20,15(19)24-2)13(17-25(3,21)22)11-12-7-5-4-6-8-12/h4-8,13,17,20H,9-11H2,1-3H3. The molecule has 0 spiro atoms. The van der Waals surface area contributed by atoms with Crippen molar-refractivity contribution >= 4 is 22.0 Å². The Labute approximate surface area is 147 Å². The van der Waals surface area contributed by atoms with Gasteiger partial charge in [-0.3, -0.25) is 4.79 Å². The normalized spacial score (nSPS) is 15.0. The summed E-state index contributed by atoms with van der Waals surface area (Å²) in [5.74, 6) is -1.67. The number of esters is 2. The Kier molecular flexibility index (Phi) is 7.53. The third-order valence-electron chi connectivity index (χ3n) is 3.69. The Bertz CT molecular complexity index is 690. The minimum atomic E-state index is -3.75. The Morgan fingerprint density at radius 3 is 2.28 bits per heavy atom. The number of ether oxygens (including phenoxy) is 2. The lowest BCUT2D eigenvalue weighted by Crippen LogP contribution is -2.58. The summed E-state index contributed by atoms with van der Waals surface area (Å²) in [6.07, 6.45) is 0.314. The summed E-state index contributed by atoms with van der Waals surface area (Å²) in [7, 11) is -1.50. The lowest BCUT2D eigenvalue weighted by atomic mass is 9.85. The van der Waals surface area contributed by atoms with Gasteiger partial charge in [0.15, 0.2) is 5.60 Å². The third kappa shape index (κ3) is 6.45. The van der Waals surface area contributed by atoms with E-state index < -0.39 is 33.6 Å². The minimum absolute atomic E-state index is 0.0285. The zero-order valence-electron chi connectivity index (χ0n) is 14.4. The lowest BCUT2D eigenvalue weighted by Gasteiger charge is -2.33. The Balaban J connectivity index is 3.21. The van der Waals surface area contributed by atoms with Gasteiger partial charge in [-0.25, -0.2) is 17.9 Å². The second-order valence-electron chi connectivity index (χ2n) is 5.62. The largest absolute Gasteiger partial charge is 0.469 e. The van der Waals surface area contributed by atoms with E-state index in [-0.39, 0.29) is 19.3 Å². The first-order valence-corrected chi connectivity index (χ1v) is 9.40. The van der Waals surface area contributed by atoms with E-state index in [0.717, 1.165) is 13.4 Å². The molecule has 0 saturated heterocycles. The smallest absolute Gasteiger partial charge is 0.339 e. The summed E-state index contributed by atoms with van der Waals surface area (Å²) >= 11 is 0. The molecule has 2 unspecified atom stereocenters. The molecule has 0 aliphatic heterocycles. The van der Waals surface area contributed by atoms with Gasteiger partial charge in [-0.2, -0.15) is 0 Å². The number of sulfonamides is 1. The van der Waals surface area contributed by atoms with E-state index in [1.807, 2.05) is 0 Å². The zero-order valence-corrected chi connectivity index (χ0v) is 15.2. The number of benzene rings is 1. The van der Waals surface area contributed by atoms with Crippen LogP contribution < -0.4 is 4.72 Å². The van der Waals surface area contributed by atoms with Gasteiger partial charge in [0, 0.05) is 6.42 Å². The quantitative estimate of drug-likeness (QED) is 0.585. The van der Waals surface area contributed by atoms with Crippen LogP contribution in [-0.4, -0.2) is 57.6 Å². The number of methoxy groups -OCH3 is 2. The van der Waals surface area contributed by atoms with Crippen molar-refractivity contribution in [3.63, 3.8) is 0 Å². The van der Waals surface area contributed by atoms with Crippen LogP contribution in [-0.2, 0) is 35.5 Å². The fraction of sp³-hybridized carbons (Fsp3) is 0.500. The maximum atomic E-state index is 12.2. The molecule has 25 heavy (non-hydrogen) atoms. The first-order valence-electron chi connectivity index (χ1n) is 7.51. The summed E-state index contributed by atoms with van der Waals surface area (Å²) in [4.78, 5) is 23.6. The van der Waals surface area contributed by atoms with Gasteiger partial charge in [0.05, 0.1) is 26.5 Å². The van der Waals surface area contributed by atoms with Gasteiger partial charge in [-0.15, -0.1) is 0 Å². The van der Waals surface area contributed by atoms with Crippen molar-refractivity contribution in [1.29, 1.82) is 0 Å². The topological polar surface area (TPSA) is 119 Å². The number of nitrogens with one attached hydrogen (secondary N) is 1. The molecule has 140 valence electrons. The SMILES string of the molecule is COC(=O)CCC(O)(C(=O)OC)C(Cc1ccccc1)NS(C)(=O)=O. The van der Waals surface area contributed by atoms with Gasteiger partial charge >= 0.3 is 11.9 Å². The van der Waals surface area contributed by atoms with Gasteiger partial charge in [0.1, 0.15) is 0 Å². The molecule has 0 aliphatic rings. The van der Waals surface area contributed by atoms with Crippen LogP contribution in [0, 0.1) is 0 Å². The summed E-state index contributed by atoms with van der Waals surface area (Å²) < 4.78 is 34.9. The average Bonchev–Trinajstić information content (AvgIpc) is 2.57. The molecule has 2 N–H and O–H groups in total. The second kappa shape index (κ2) is 8.93. The van der Waals surface area contributed by atoms with Crippen molar-refractivity contribution in [2.75, 3.05) is 20.5 Å². The molecule has 0 aromatic heterocycles. The average molecular weight is 373 g/mol. The summed E-state index contributed by atoms with van der Waals surface area (Å²) in [6.45, 7) is 0. The Morgan fingerprint density at radius 2 is 1.80 bits per heavy atom. The predicted molar refractivity (Wildman–Crippen MR) is 90.1 cm³/mol. The number of hydrogen-bond donors (Lipinski definition) is 2. The fourth-order valence-corrected chi connectivity index (χ4v) is 3.20. The van der Waals surface area contributed by atoms with Gasteiger partial charge < -0.3 is 14.6 Å². The Hall–Kier alpha value is -1.97. The van der Waals surface area contributed by atoms with Crippen molar-refractivity contribution in [2.24, 2.45) is 0 Å². The molecule has 1 rings (SSSR count). The van der Waals surface area contributed by atoms with Gasteiger partial charge in [-0.05, 0) is 18.4 Å². The molecule has 9 heteroatoms. The minimum Gasteiger partial charge on any atom is -0.469 e. The molecule has 0 amide bonds. The molecule has 0 saturated carbocycles. The van der Waals surface area contributed by atoms with Crippen LogP contribution in [0.4, 0.5) is 0 Å². The molecule has 1 aromatic carbocycles. The molecule has 0 heterocycles. The zero-order chi connectivity index (χ0) is 19.1. The van der Waals surface area contributed by atoms with Crippen molar-refractivity contribution in [2.45, 2.75) is 30.9 Å². The number of carbonyl (C=O) groups is 2. The van der Waals surface area contributed by atoms with Crippen LogP contribution in [0.25, 0.3) is 0 Å². The first-order chi connectivity index (χ1) is 11.6. The number of rotatable bonds is 9. The second-order valence-corrected chi connectivity index (χ2v) is 7.40. The summed E-state index contributed by atoms with van der Waals surface area (Å²) in [5, 5.41) is 10.9. The van der Waals surface area contributed by atoms with E-state index in [0.29, 0.717) is 5.56 Å². The van der Waals surface area contributed by atoms with E-state index in [4.69, 9.17) is 0 Å². The Morgan fingerprint density at radius 1 is 1.20 bits per heavy atom. The highest BCUT2D eigenvalue weighted by Gasteiger charge is 2.46. The van der Waals surface area contributed by atoms with Crippen LogP contribution >= 0.6 is 0 Å². The van der Waals surface area contributed by atoms with E-state index >= 15 is 0 Å². The number of carbonyl (C=O) groups excluding carboxylic acids is 2. The van der Waals surface area contributed by atoms with Crippen LogP contribution in [0.1, 0.15) is 18.4 Å². The van der Waals surface area contributed by atoms with E-state index in [1.165, 1.54) is 7.11 Å². The molecule has 0 bridgehead atoms. The third-order valence-corrected chi connectivity index (χ3v) is 4.40. The summed E-state index contributed by atoms with van der Waals surface area (Å²) in [6, 6.07) is 7.52. The maximum absolute atomic E-state index is 12.2. The number of aliphatic hydroxyl groups is 1. The molecule has 2 atom stereocenters. The van der Waals surface area contributed by atoms with E-state index in [1.54, 1.807) is 30.3 Å². The first kappa shape index (κ1) is 21.1. The maximum Gasteiger partial charge on any atom is 0.339 e. The van der Waals surface area contributed by atoms with Crippen molar-refractivity contribution < 1.29 is 32.6 Å². The highest BCUT2D eigenvalue weighted by molar-refractivity contribution is 7.88. The fourth-order valence-electron chi connectivity index (χ4n) is 2.41. The van der Waals surface area contributed by atoms with Crippen LogP contribution in [0.15, 0.2) is 30.3 Å². The summed E-state index contributed by atoms with van der Waals surface area (Å²) in [5.41, 5.74) is -1.54. The highest BCUT2D eigenvalue weighted by atomic mass is 32.2. The van der Waals surface area contributed by atoms with Crippen LogP contribution in [0.5, 0.6) is 0 Å². The highest BCUT2D eigenvalue weighted by Crippen LogP contribution is 2.24. The molecule has 0 aliphatic carbocycles. The molecule has 1 aromatic rings. The van der Waals surface area contributed by atoms with E-state index in [9.17, 15) is 23.1 Å². The van der Waals surface area contributed by atoms with Gasteiger partial charge in [0.2, 0.25) is 10.0 Å². The molecule has 0 radical (unpaired) electrons. The molecule has 0 fully saturated rings. The van der Waals surface area contributed by atoms with Crippen molar-refractivity contribution in [3.8, 4) is 0 Å². The lowest BCUT2D eigenvalue weighted by molar-refractivity contribution is -0.167. The van der Waals surface area contributed by atoms with Crippen molar-refractivity contribution in [1.82, 2.24) is 4.72 Å². The molecular formula is C16H23NO7S. The monoisotopic (exact) mass is 373 g/mol. The number of hydrogen-bond acceptors (Lipinski definition) is 7. The van der Waals surface area contributed by atoms with Crippen molar-refractivity contribution in [3.05, 3.63) is 35.9 Å². The molecular weight excluding hydrogens is 350 g/mol. The molecule has 8 nitrogen and oxygen atoms in total. The van der Waals surface area contributed by atoms with Gasteiger partial charge in [-0.1, -0.05) is 30.3 Å². The van der Waals surface area contributed by atoms with Crippen LogP contribution in [0.3, 0.4) is 0 Å².